The van der Waals surface area contributed by atoms with Gasteiger partial charge in [0.15, 0.2) is 6.61 Å². The molecule has 0 saturated heterocycles. The molecule has 3 amide bonds. The van der Waals surface area contributed by atoms with Crippen LogP contribution in [0.25, 0.3) is 6.08 Å². The molecule has 0 bridgehead atoms. The molecular weight excluding hydrogens is 376 g/mol. The quantitative estimate of drug-likeness (QED) is 0.558. The maximum absolute atomic E-state index is 11.9. The van der Waals surface area contributed by atoms with Gasteiger partial charge in [0.1, 0.15) is 0 Å². The standard InChI is InChI=1S/C21H26N2O6/c1-14-5-3-4-6-17(14)22-21(27)23-18(24)13-29-19(25)12-9-15-7-10-16(11-8-15)20(26)28-2/h7-12,14,17H,3-6,13H2,1-2H3,(H2,22,23,24,27)/b12-9+/t14-,17-/m0/s1. The van der Waals surface area contributed by atoms with Gasteiger partial charge in [0, 0.05) is 12.1 Å². The largest absolute Gasteiger partial charge is 0.465 e. The molecule has 8 nitrogen and oxygen atoms in total. The Hall–Kier alpha value is -3.16. The summed E-state index contributed by atoms with van der Waals surface area (Å²) in [7, 11) is 1.29. The lowest BCUT2D eigenvalue weighted by Gasteiger charge is -2.29. The number of ether oxygens (including phenoxy) is 2. The molecule has 2 atom stereocenters. The minimum absolute atomic E-state index is 0.0487. The van der Waals surface area contributed by atoms with Gasteiger partial charge in [0.25, 0.3) is 5.91 Å². The molecule has 0 radical (unpaired) electrons. The van der Waals surface area contributed by atoms with Crippen LogP contribution in [0.2, 0.25) is 0 Å². The Morgan fingerprint density at radius 1 is 1.10 bits per heavy atom. The Balaban J connectivity index is 1.72. The zero-order valence-corrected chi connectivity index (χ0v) is 16.6. The number of methoxy groups -OCH3 is 1. The van der Waals surface area contributed by atoms with Crippen molar-refractivity contribution in [2.75, 3.05) is 13.7 Å². The molecule has 1 aliphatic carbocycles. The molecule has 2 rings (SSSR count). The highest BCUT2D eigenvalue weighted by molar-refractivity contribution is 5.96. The Morgan fingerprint density at radius 3 is 2.45 bits per heavy atom. The molecule has 1 aliphatic rings. The van der Waals surface area contributed by atoms with Crippen molar-refractivity contribution in [3.8, 4) is 0 Å². The Labute approximate surface area is 169 Å². The summed E-state index contributed by atoms with van der Waals surface area (Å²) in [5.41, 5.74) is 1.06. The monoisotopic (exact) mass is 402 g/mol. The molecular formula is C21H26N2O6. The third kappa shape index (κ3) is 7.40. The highest BCUT2D eigenvalue weighted by Gasteiger charge is 2.23. The normalized spacial score (nSPS) is 18.7. The SMILES string of the molecule is COC(=O)c1ccc(/C=C/C(=O)OCC(=O)NC(=O)N[C@H]2CCCC[C@@H]2C)cc1. The van der Waals surface area contributed by atoms with E-state index in [1.165, 1.54) is 13.2 Å². The molecule has 29 heavy (non-hydrogen) atoms. The predicted octanol–water partition coefficient (Wildman–Crippen LogP) is 2.43. The van der Waals surface area contributed by atoms with Crippen molar-refractivity contribution in [3.63, 3.8) is 0 Å². The van der Waals surface area contributed by atoms with E-state index in [-0.39, 0.29) is 6.04 Å². The first-order valence-electron chi connectivity index (χ1n) is 9.52. The minimum atomic E-state index is -0.724. The summed E-state index contributed by atoms with van der Waals surface area (Å²) >= 11 is 0. The van der Waals surface area contributed by atoms with Crippen LogP contribution in [0, 0.1) is 5.92 Å². The van der Waals surface area contributed by atoms with Gasteiger partial charge in [-0.15, -0.1) is 0 Å². The lowest BCUT2D eigenvalue weighted by molar-refractivity contribution is -0.143. The van der Waals surface area contributed by atoms with Crippen molar-refractivity contribution >= 4 is 30.0 Å². The number of rotatable bonds is 6. The van der Waals surface area contributed by atoms with E-state index in [1.807, 2.05) is 0 Å². The molecule has 8 heteroatoms. The van der Waals surface area contributed by atoms with Gasteiger partial charge < -0.3 is 14.8 Å². The van der Waals surface area contributed by atoms with Crippen LogP contribution in [-0.2, 0) is 19.1 Å². The van der Waals surface area contributed by atoms with Gasteiger partial charge in [-0.25, -0.2) is 14.4 Å². The van der Waals surface area contributed by atoms with Gasteiger partial charge in [-0.1, -0.05) is 31.9 Å². The average Bonchev–Trinajstić information content (AvgIpc) is 2.72. The number of imide groups is 1. The van der Waals surface area contributed by atoms with Crippen LogP contribution in [-0.4, -0.2) is 43.6 Å². The molecule has 2 N–H and O–H groups in total. The molecule has 0 aromatic heterocycles. The van der Waals surface area contributed by atoms with E-state index in [9.17, 15) is 19.2 Å². The van der Waals surface area contributed by atoms with Crippen molar-refractivity contribution in [1.82, 2.24) is 10.6 Å². The molecule has 156 valence electrons. The van der Waals surface area contributed by atoms with Gasteiger partial charge >= 0.3 is 18.0 Å². The van der Waals surface area contributed by atoms with Crippen LogP contribution in [0.5, 0.6) is 0 Å². The zero-order chi connectivity index (χ0) is 21.2. The molecule has 0 spiro atoms. The third-order valence-corrected chi connectivity index (χ3v) is 4.77. The number of benzene rings is 1. The summed E-state index contributed by atoms with van der Waals surface area (Å²) in [6.07, 6.45) is 6.79. The molecule has 0 aliphatic heterocycles. The van der Waals surface area contributed by atoms with E-state index < -0.39 is 30.5 Å². The van der Waals surface area contributed by atoms with E-state index in [4.69, 9.17) is 4.74 Å². The summed E-state index contributed by atoms with van der Waals surface area (Å²) in [6.45, 7) is 1.52. The van der Waals surface area contributed by atoms with Gasteiger partial charge in [-0.2, -0.15) is 0 Å². The fourth-order valence-corrected chi connectivity index (χ4v) is 3.10. The fraction of sp³-hybridized carbons (Fsp3) is 0.429. The highest BCUT2D eigenvalue weighted by atomic mass is 16.5. The first-order valence-corrected chi connectivity index (χ1v) is 9.52. The fourth-order valence-electron chi connectivity index (χ4n) is 3.10. The van der Waals surface area contributed by atoms with Gasteiger partial charge in [-0.05, 0) is 42.5 Å². The molecule has 0 unspecified atom stereocenters. The number of hydrogen-bond donors (Lipinski definition) is 2. The number of hydrogen-bond acceptors (Lipinski definition) is 6. The number of esters is 2. The summed E-state index contributed by atoms with van der Waals surface area (Å²) in [5.74, 6) is -1.50. The summed E-state index contributed by atoms with van der Waals surface area (Å²) in [5, 5.41) is 4.96. The maximum Gasteiger partial charge on any atom is 0.337 e. The van der Waals surface area contributed by atoms with Crippen LogP contribution in [0.15, 0.2) is 30.3 Å². The number of nitrogens with one attached hydrogen (secondary N) is 2. The van der Waals surface area contributed by atoms with Crippen LogP contribution >= 0.6 is 0 Å². The lowest BCUT2D eigenvalue weighted by atomic mass is 9.86. The summed E-state index contributed by atoms with van der Waals surface area (Å²) in [4.78, 5) is 46.7. The van der Waals surface area contributed by atoms with E-state index in [2.05, 4.69) is 22.3 Å². The molecule has 1 saturated carbocycles. The van der Waals surface area contributed by atoms with Crippen molar-refractivity contribution in [1.29, 1.82) is 0 Å². The predicted molar refractivity (Wildman–Crippen MR) is 106 cm³/mol. The van der Waals surface area contributed by atoms with E-state index in [0.29, 0.717) is 17.0 Å². The Kier molecular flexibility index (Phi) is 8.39. The number of carbonyl (C=O) groups is 4. The first-order chi connectivity index (χ1) is 13.9. The molecule has 1 aromatic carbocycles. The van der Waals surface area contributed by atoms with Crippen LogP contribution in [0.3, 0.4) is 0 Å². The second-order valence-corrected chi connectivity index (χ2v) is 6.94. The summed E-state index contributed by atoms with van der Waals surface area (Å²) in [6, 6.07) is 5.88. The van der Waals surface area contributed by atoms with Gasteiger partial charge in [-0.3, -0.25) is 10.1 Å². The Morgan fingerprint density at radius 2 is 1.79 bits per heavy atom. The van der Waals surface area contributed by atoms with Crippen molar-refractivity contribution in [2.45, 2.75) is 38.6 Å². The lowest BCUT2D eigenvalue weighted by Crippen LogP contribution is -2.48. The number of carbonyl (C=O) groups excluding carboxylic acids is 4. The second kappa shape index (κ2) is 11.0. The maximum atomic E-state index is 11.9. The summed E-state index contributed by atoms with van der Waals surface area (Å²) < 4.78 is 9.43. The first kappa shape index (κ1) is 22.1. The van der Waals surface area contributed by atoms with Crippen LogP contribution in [0.1, 0.15) is 48.5 Å². The van der Waals surface area contributed by atoms with Gasteiger partial charge in [0.05, 0.1) is 12.7 Å². The van der Waals surface area contributed by atoms with Gasteiger partial charge in [0.2, 0.25) is 0 Å². The molecule has 1 aromatic rings. The number of amides is 3. The second-order valence-electron chi connectivity index (χ2n) is 6.94. The van der Waals surface area contributed by atoms with Crippen molar-refractivity contribution in [3.05, 3.63) is 41.5 Å². The Bertz CT molecular complexity index is 772. The minimum Gasteiger partial charge on any atom is -0.465 e. The van der Waals surface area contributed by atoms with E-state index in [1.54, 1.807) is 24.3 Å². The van der Waals surface area contributed by atoms with Crippen molar-refractivity contribution in [2.24, 2.45) is 5.92 Å². The van der Waals surface area contributed by atoms with Crippen LogP contribution < -0.4 is 10.6 Å². The molecule has 0 heterocycles. The third-order valence-electron chi connectivity index (χ3n) is 4.77. The van der Waals surface area contributed by atoms with E-state index in [0.717, 1.165) is 31.8 Å². The van der Waals surface area contributed by atoms with Crippen molar-refractivity contribution < 1.29 is 28.7 Å². The topological polar surface area (TPSA) is 111 Å². The highest BCUT2D eigenvalue weighted by Crippen LogP contribution is 2.23. The van der Waals surface area contributed by atoms with E-state index >= 15 is 0 Å². The average molecular weight is 402 g/mol. The smallest absolute Gasteiger partial charge is 0.337 e. The molecule has 1 fully saturated rings. The van der Waals surface area contributed by atoms with Crippen LogP contribution in [0.4, 0.5) is 4.79 Å². The number of urea groups is 1. The zero-order valence-electron chi connectivity index (χ0n) is 16.6.